The molecule has 5 aromatic rings. The van der Waals surface area contributed by atoms with E-state index in [1.807, 2.05) is 60.7 Å². The minimum atomic E-state index is -4.02. The third-order valence-corrected chi connectivity index (χ3v) is 6.51. The van der Waals surface area contributed by atoms with E-state index in [1.165, 1.54) is 0 Å². The zero-order chi connectivity index (χ0) is 22.1. The Kier molecular flexibility index (Phi) is 5.08. The normalized spacial score (nSPS) is 11.5. The van der Waals surface area contributed by atoms with Gasteiger partial charge in [0.2, 0.25) is 5.65 Å². The van der Waals surface area contributed by atoms with Crippen LogP contribution in [0.4, 0.5) is 5.69 Å². The van der Waals surface area contributed by atoms with Crippen LogP contribution in [0, 0.1) is 0 Å². The van der Waals surface area contributed by atoms with Crippen LogP contribution in [0.2, 0.25) is 5.02 Å². The summed E-state index contributed by atoms with van der Waals surface area (Å²) < 4.78 is 29.2. The van der Waals surface area contributed by atoms with Gasteiger partial charge in [-0.2, -0.15) is 13.5 Å². The molecule has 0 saturated heterocycles. The SMILES string of the molecule is O=S(=O)(Nc1ccc(Cl)cc1)c1[nH]nc2nnc(-c3ccccc3)c(-c3ccccc3)c12. The highest BCUT2D eigenvalue weighted by atomic mass is 35.5. The molecule has 5 rings (SSSR count). The topological polar surface area (TPSA) is 101 Å². The highest BCUT2D eigenvalue weighted by Gasteiger charge is 2.27. The summed E-state index contributed by atoms with van der Waals surface area (Å²) >= 11 is 5.92. The quantitative estimate of drug-likeness (QED) is 0.377. The number of fused-ring (bicyclic) bond motifs is 1. The molecular weight excluding hydrogens is 446 g/mol. The molecule has 2 N–H and O–H groups in total. The molecule has 2 aromatic heterocycles. The van der Waals surface area contributed by atoms with Crippen LogP contribution >= 0.6 is 11.6 Å². The number of aromatic nitrogens is 4. The lowest BCUT2D eigenvalue weighted by Gasteiger charge is -2.12. The number of halogens is 1. The van der Waals surface area contributed by atoms with Crippen molar-refractivity contribution in [3.05, 3.63) is 90.0 Å². The first-order valence-corrected chi connectivity index (χ1v) is 11.5. The molecule has 32 heavy (non-hydrogen) atoms. The highest BCUT2D eigenvalue weighted by Crippen LogP contribution is 2.38. The molecule has 0 aliphatic rings. The van der Waals surface area contributed by atoms with Crippen LogP contribution < -0.4 is 4.72 Å². The molecular formula is C23H16ClN5O2S. The minimum absolute atomic E-state index is 0.0895. The molecule has 0 amide bonds. The molecule has 2 heterocycles. The van der Waals surface area contributed by atoms with Crippen molar-refractivity contribution in [2.45, 2.75) is 5.03 Å². The number of anilines is 1. The van der Waals surface area contributed by atoms with Gasteiger partial charge in [0.1, 0.15) is 5.69 Å². The van der Waals surface area contributed by atoms with E-state index in [0.717, 1.165) is 11.1 Å². The number of hydrogen-bond acceptors (Lipinski definition) is 5. The summed E-state index contributed by atoms with van der Waals surface area (Å²) in [7, 11) is -4.02. The minimum Gasteiger partial charge on any atom is -0.278 e. The van der Waals surface area contributed by atoms with E-state index >= 15 is 0 Å². The second-order valence-electron chi connectivity index (χ2n) is 7.02. The van der Waals surface area contributed by atoms with Crippen LogP contribution in [0.1, 0.15) is 0 Å². The van der Waals surface area contributed by atoms with Crippen LogP contribution in [0.15, 0.2) is 90.0 Å². The van der Waals surface area contributed by atoms with E-state index in [-0.39, 0.29) is 10.7 Å². The predicted octanol–water partition coefficient (Wildman–Crippen LogP) is 5.14. The van der Waals surface area contributed by atoms with Gasteiger partial charge in [-0.25, -0.2) is 0 Å². The molecule has 0 radical (unpaired) electrons. The van der Waals surface area contributed by atoms with Gasteiger partial charge in [-0.15, -0.1) is 10.2 Å². The van der Waals surface area contributed by atoms with Gasteiger partial charge < -0.3 is 0 Å². The van der Waals surface area contributed by atoms with Crippen molar-refractivity contribution < 1.29 is 8.42 Å². The number of aromatic amines is 1. The molecule has 3 aromatic carbocycles. The maximum Gasteiger partial charge on any atom is 0.279 e. The average Bonchev–Trinajstić information content (AvgIpc) is 3.26. The summed E-state index contributed by atoms with van der Waals surface area (Å²) in [6.45, 7) is 0. The smallest absolute Gasteiger partial charge is 0.278 e. The molecule has 9 heteroatoms. The fourth-order valence-corrected chi connectivity index (χ4v) is 4.79. The van der Waals surface area contributed by atoms with Gasteiger partial charge in [0.05, 0.1) is 5.39 Å². The van der Waals surface area contributed by atoms with Gasteiger partial charge in [0.25, 0.3) is 10.0 Å². The number of nitrogens with one attached hydrogen (secondary N) is 2. The average molecular weight is 462 g/mol. The van der Waals surface area contributed by atoms with Crippen LogP contribution in [-0.4, -0.2) is 28.8 Å². The number of benzene rings is 3. The van der Waals surface area contributed by atoms with E-state index in [2.05, 4.69) is 25.1 Å². The second kappa shape index (κ2) is 8.07. The zero-order valence-corrected chi connectivity index (χ0v) is 18.1. The number of nitrogens with zero attached hydrogens (tertiary/aromatic N) is 3. The Hall–Kier alpha value is -3.75. The molecule has 7 nitrogen and oxygen atoms in total. The molecule has 0 bridgehead atoms. The lowest BCUT2D eigenvalue weighted by molar-refractivity contribution is 0.598. The van der Waals surface area contributed by atoms with Crippen molar-refractivity contribution in [3.8, 4) is 22.4 Å². The van der Waals surface area contributed by atoms with Crippen LogP contribution in [0.25, 0.3) is 33.4 Å². The fraction of sp³-hybridized carbons (Fsp3) is 0. The van der Waals surface area contributed by atoms with Crippen molar-refractivity contribution >= 4 is 38.3 Å². The van der Waals surface area contributed by atoms with E-state index in [0.29, 0.717) is 27.4 Å². The number of hydrogen-bond donors (Lipinski definition) is 2. The fourth-order valence-electron chi connectivity index (χ4n) is 3.48. The van der Waals surface area contributed by atoms with Crippen molar-refractivity contribution in [3.63, 3.8) is 0 Å². The van der Waals surface area contributed by atoms with E-state index in [1.54, 1.807) is 24.3 Å². The van der Waals surface area contributed by atoms with Crippen molar-refractivity contribution in [1.82, 2.24) is 20.4 Å². The third-order valence-electron chi connectivity index (χ3n) is 4.92. The molecule has 158 valence electrons. The van der Waals surface area contributed by atoms with Crippen LogP contribution in [0.3, 0.4) is 0 Å². The zero-order valence-electron chi connectivity index (χ0n) is 16.5. The Bertz CT molecular complexity index is 1500. The molecule has 0 atom stereocenters. The Morgan fingerprint density at radius 2 is 1.41 bits per heavy atom. The van der Waals surface area contributed by atoms with Crippen LogP contribution in [0.5, 0.6) is 0 Å². The lowest BCUT2D eigenvalue weighted by atomic mass is 9.98. The number of H-pyrrole nitrogens is 1. The number of sulfonamides is 1. The van der Waals surface area contributed by atoms with Gasteiger partial charge in [-0.1, -0.05) is 72.3 Å². The molecule has 0 fully saturated rings. The highest BCUT2D eigenvalue weighted by molar-refractivity contribution is 7.92. The van der Waals surface area contributed by atoms with Gasteiger partial charge >= 0.3 is 0 Å². The summed E-state index contributed by atoms with van der Waals surface area (Å²) in [4.78, 5) is 0. The van der Waals surface area contributed by atoms with Crippen molar-refractivity contribution in [1.29, 1.82) is 0 Å². The maximum absolute atomic E-state index is 13.3. The third kappa shape index (κ3) is 3.70. The molecule has 0 spiro atoms. The number of rotatable bonds is 5. The predicted molar refractivity (Wildman–Crippen MR) is 125 cm³/mol. The Balaban J connectivity index is 1.76. The van der Waals surface area contributed by atoms with Gasteiger partial charge in [0.15, 0.2) is 5.03 Å². The summed E-state index contributed by atoms with van der Waals surface area (Å²) in [6.07, 6.45) is 0. The summed E-state index contributed by atoms with van der Waals surface area (Å²) in [5.74, 6) is 0. The van der Waals surface area contributed by atoms with Gasteiger partial charge in [0, 0.05) is 21.8 Å². The Labute approximate surface area is 189 Å². The maximum atomic E-state index is 13.3. The largest absolute Gasteiger partial charge is 0.279 e. The van der Waals surface area contributed by atoms with E-state index in [4.69, 9.17) is 11.6 Å². The first-order chi connectivity index (χ1) is 15.5. The monoisotopic (exact) mass is 461 g/mol. The van der Waals surface area contributed by atoms with Crippen molar-refractivity contribution in [2.24, 2.45) is 0 Å². The Morgan fingerprint density at radius 3 is 2.06 bits per heavy atom. The summed E-state index contributed by atoms with van der Waals surface area (Å²) in [6, 6.07) is 25.4. The molecule has 0 saturated carbocycles. The summed E-state index contributed by atoms with van der Waals surface area (Å²) in [5, 5.41) is 16.1. The Morgan fingerprint density at radius 1 is 0.781 bits per heavy atom. The van der Waals surface area contributed by atoms with Crippen molar-refractivity contribution in [2.75, 3.05) is 4.72 Å². The van der Waals surface area contributed by atoms with Crippen LogP contribution in [-0.2, 0) is 10.0 Å². The van der Waals surface area contributed by atoms with E-state index < -0.39 is 10.0 Å². The van der Waals surface area contributed by atoms with Gasteiger partial charge in [-0.3, -0.25) is 9.82 Å². The first-order valence-electron chi connectivity index (χ1n) is 9.67. The molecule has 0 aliphatic heterocycles. The second-order valence-corrected chi connectivity index (χ2v) is 9.08. The van der Waals surface area contributed by atoms with Gasteiger partial charge in [-0.05, 0) is 29.8 Å². The summed E-state index contributed by atoms with van der Waals surface area (Å²) in [5.41, 5.74) is 3.40. The first kappa shape index (κ1) is 20.2. The van der Waals surface area contributed by atoms with E-state index in [9.17, 15) is 8.42 Å². The standard InChI is InChI=1S/C23H16ClN5O2S/c24-17-11-13-18(14-12-17)29-32(30,31)23-20-19(15-7-3-1-4-8-15)21(16-9-5-2-6-10-16)25-26-22(20)27-28-23/h1-14,29H,(H,26,27,28). The molecule has 0 aliphatic carbocycles. The molecule has 0 unspecified atom stereocenters. The lowest BCUT2D eigenvalue weighted by Crippen LogP contribution is -2.14.